The van der Waals surface area contributed by atoms with Gasteiger partial charge in [0.15, 0.2) is 5.13 Å². The average Bonchev–Trinajstić information content (AvgIpc) is 3.58. The number of thiazole rings is 1. The smallest absolute Gasteiger partial charge is 0.254 e. The molecule has 1 fully saturated rings. The number of hydrogen-bond donors (Lipinski definition) is 2. The van der Waals surface area contributed by atoms with Crippen LogP contribution in [0.1, 0.15) is 40.0 Å². The van der Waals surface area contributed by atoms with Crippen LogP contribution in [0.2, 0.25) is 0 Å². The maximum atomic E-state index is 12.9. The van der Waals surface area contributed by atoms with E-state index in [2.05, 4.69) is 15.6 Å². The summed E-state index contributed by atoms with van der Waals surface area (Å²) < 4.78 is 0. The third-order valence-corrected chi connectivity index (χ3v) is 6.39. The number of aromatic nitrogens is 1. The van der Waals surface area contributed by atoms with E-state index in [0.717, 1.165) is 24.8 Å². The highest BCUT2D eigenvalue weighted by Gasteiger charge is 2.34. The Kier molecular flexibility index (Phi) is 7.69. The van der Waals surface area contributed by atoms with E-state index in [1.165, 1.54) is 16.9 Å². The molecule has 1 saturated carbocycles. The molecule has 176 valence electrons. The van der Waals surface area contributed by atoms with Crippen LogP contribution in [0.4, 0.5) is 5.13 Å². The van der Waals surface area contributed by atoms with Gasteiger partial charge in [-0.05, 0) is 43.9 Å². The van der Waals surface area contributed by atoms with Crippen LogP contribution in [0.25, 0.3) is 0 Å². The topological polar surface area (TPSA) is 91.4 Å². The molecule has 2 aromatic carbocycles. The summed E-state index contributed by atoms with van der Waals surface area (Å²) in [5.41, 5.74) is 3.44. The van der Waals surface area contributed by atoms with Gasteiger partial charge in [-0.15, -0.1) is 11.3 Å². The number of aryl methyl sites for hydroxylation is 1. The lowest BCUT2D eigenvalue weighted by Crippen LogP contribution is -2.39. The third-order valence-electron chi connectivity index (χ3n) is 5.58. The second-order valence-corrected chi connectivity index (χ2v) is 9.34. The number of amides is 3. The molecule has 0 unspecified atom stereocenters. The Morgan fingerprint density at radius 1 is 1.03 bits per heavy atom. The molecule has 0 atom stereocenters. The first-order valence-corrected chi connectivity index (χ1v) is 12.3. The Bertz CT molecular complexity index is 1140. The SMILES string of the molecule is Cc1ccc(C(=O)N(CC(=O)Nc2nc(CC(=O)NCCc3ccccc3)cs2)C2CC2)cc1. The number of rotatable bonds is 10. The van der Waals surface area contributed by atoms with Crippen molar-refractivity contribution in [3.8, 4) is 0 Å². The van der Waals surface area contributed by atoms with Gasteiger partial charge >= 0.3 is 0 Å². The first-order chi connectivity index (χ1) is 16.5. The molecule has 34 heavy (non-hydrogen) atoms. The van der Waals surface area contributed by atoms with Crippen molar-refractivity contribution in [2.24, 2.45) is 0 Å². The maximum Gasteiger partial charge on any atom is 0.254 e. The van der Waals surface area contributed by atoms with Gasteiger partial charge < -0.3 is 15.5 Å². The Balaban J connectivity index is 1.25. The lowest BCUT2D eigenvalue weighted by Gasteiger charge is -2.21. The molecule has 7 nitrogen and oxygen atoms in total. The number of benzene rings is 2. The minimum atomic E-state index is -0.291. The largest absolute Gasteiger partial charge is 0.355 e. The maximum absolute atomic E-state index is 12.9. The van der Waals surface area contributed by atoms with Gasteiger partial charge in [-0.3, -0.25) is 14.4 Å². The number of carbonyl (C=O) groups excluding carboxylic acids is 3. The van der Waals surface area contributed by atoms with Crippen molar-refractivity contribution in [3.63, 3.8) is 0 Å². The van der Waals surface area contributed by atoms with E-state index in [9.17, 15) is 14.4 Å². The third kappa shape index (κ3) is 6.74. The number of carbonyl (C=O) groups is 3. The lowest BCUT2D eigenvalue weighted by molar-refractivity contribution is -0.120. The second-order valence-electron chi connectivity index (χ2n) is 8.48. The van der Waals surface area contributed by atoms with Gasteiger partial charge in [0.2, 0.25) is 11.8 Å². The highest BCUT2D eigenvalue weighted by molar-refractivity contribution is 7.13. The van der Waals surface area contributed by atoms with Crippen molar-refractivity contribution in [3.05, 3.63) is 82.4 Å². The molecule has 3 amide bonds. The van der Waals surface area contributed by atoms with Crippen LogP contribution in [-0.4, -0.2) is 46.7 Å². The van der Waals surface area contributed by atoms with Gasteiger partial charge in [0.05, 0.1) is 12.1 Å². The molecule has 0 aliphatic heterocycles. The summed E-state index contributed by atoms with van der Waals surface area (Å²) >= 11 is 1.27. The van der Waals surface area contributed by atoms with Crippen molar-refractivity contribution in [1.82, 2.24) is 15.2 Å². The number of nitrogens with one attached hydrogen (secondary N) is 2. The molecule has 1 aliphatic rings. The van der Waals surface area contributed by atoms with Gasteiger partial charge in [-0.25, -0.2) is 4.98 Å². The van der Waals surface area contributed by atoms with Gasteiger partial charge in [-0.1, -0.05) is 48.0 Å². The van der Waals surface area contributed by atoms with Crippen molar-refractivity contribution in [2.75, 3.05) is 18.4 Å². The van der Waals surface area contributed by atoms with Gasteiger partial charge in [0, 0.05) is 23.5 Å². The van der Waals surface area contributed by atoms with Crippen molar-refractivity contribution >= 4 is 34.2 Å². The van der Waals surface area contributed by atoms with E-state index in [4.69, 9.17) is 0 Å². The molecular weight excluding hydrogens is 448 g/mol. The van der Waals surface area contributed by atoms with Crippen LogP contribution >= 0.6 is 11.3 Å². The van der Waals surface area contributed by atoms with Crippen LogP contribution in [0, 0.1) is 6.92 Å². The zero-order valence-corrected chi connectivity index (χ0v) is 19.9. The number of anilines is 1. The number of nitrogens with zero attached hydrogens (tertiary/aromatic N) is 2. The van der Waals surface area contributed by atoms with E-state index in [-0.39, 0.29) is 36.7 Å². The summed E-state index contributed by atoms with van der Waals surface area (Å²) in [6.07, 6.45) is 2.74. The minimum Gasteiger partial charge on any atom is -0.355 e. The molecule has 3 aromatic rings. The van der Waals surface area contributed by atoms with Crippen LogP contribution in [0.5, 0.6) is 0 Å². The zero-order chi connectivity index (χ0) is 23.9. The van der Waals surface area contributed by atoms with Crippen LogP contribution in [0.15, 0.2) is 60.0 Å². The molecule has 1 aromatic heterocycles. The Hall–Kier alpha value is -3.52. The molecule has 0 saturated heterocycles. The normalized spacial score (nSPS) is 12.7. The molecular formula is C26H28N4O3S. The standard InChI is InChI=1S/C26H28N4O3S/c1-18-7-9-20(10-8-18)25(33)30(22-11-12-22)16-24(32)29-26-28-21(17-34-26)15-23(31)27-14-13-19-5-3-2-4-6-19/h2-10,17,22H,11-16H2,1H3,(H,27,31)(H,28,29,32). The van der Waals surface area contributed by atoms with Crippen LogP contribution in [-0.2, 0) is 22.4 Å². The van der Waals surface area contributed by atoms with Gasteiger partial charge in [0.1, 0.15) is 6.54 Å². The predicted molar refractivity (Wildman–Crippen MR) is 133 cm³/mol. The average molecular weight is 477 g/mol. The summed E-state index contributed by atoms with van der Waals surface area (Å²) in [5, 5.41) is 7.87. The number of hydrogen-bond acceptors (Lipinski definition) is 5. The van der Waals surface area contributed by atoms with Crippen molar-refractivity contribution in [2.45, 2.75) is 38.6 Å². The summed E-state index contributed by atoms with van der Waals surface area (Å²) in [4.78, 5) is 43.8. The molecule has 8 heteroatoms. The monoisotopic (exact) mass is 476 g/mol. The molecule has 0 spiro atoms. The van der Waals surface area contributed by atoms with Gasteiger partial charge in [-0.2, -0.15) is 0 Å². The minimum absolute atomic E-state index is 0.0216. The fourth-order valence-electron chi connectivity index (χ4n) is 3.59. The van der Waals surface area contributed by atoms with E-state index in [1.54, 1.807) is 22.4 Å². The molecule has 0 radical (unpaired) electrons. The summed E-state index contributed by atoms with van der Waals surface area (Å²) in [5.74, 6) is -0.534. The summed E-state index contributed by atoms with van der Waals surface area (Å²) in [6.45, 7) is 2.51. The summed E-state index contributed by atoms with van der Waals surface area (Å²) in [6, 6.07) is 17.5. The Labute approximate surface area is 203 Å². The highest BCUT2D eigenvalue weighted by atomic mass is 32.1. The van der Waals surface area contributed by atoms with E-state index in [1.807, 2.05) is 49.4 Å². The van der Waals surface area contributed by atoms with E-state index in [0.29, 0.717) is 22.9 Å². The molecule has 2 N–H and O–H groups in total. The summed E-state index contributed by atoms with van der Waals surface area (Å²) in [7, 11) is 0. The molecule has 0 bridgehead atoms. The van der Waals surface area contributed by atoms with E-state index < -0.39 is 0 Å². The quantitative estimate of drug-likeness (QED) is 0.468. The lowest BCUT2D eigenvalue weighted by atomic mass is 10.1. The van der Waals surface area contributed by atoms with Crippen molar-refractivity contribution < 1.29 is 14.4 Å². The van der Waals surface area contributed by atoms with Crippen molar-refractivity contribution in [1.29, 1.82) is 0 Å². The van der Waals surface area contributed by atoms with Crippen LogP contribution < -0.4 is 10.6 Å². The molecule has 1 aliphatic carbocycles. The Morgan fingerprint density at radius 3 is 2.47 bits per heavy atom. The zero-order valence-electron chi connectivity index (χ0n) is 19.1. The highest BCUT2D eigenvalue weighted by Crippen LogP contribution is 2.28. The first kappa shape index (κ1) is 23.6. The van der Waals surface area contributed by atoms with Gasteiger partial charge in [0.25, 0.3) is 5.91 Å². The fourth-order valence-corrected chi connectivity index (χ4v) is 4.32. The fraction of sp³-hybridized carbons (Fsp3) is 0.308. The molecule has 4 rings (SSSR count). The van der Waals surface area contributed by atoms with Crippen LogP contribution in [0.3, 0.4) is 0 Å². The Morgan fingerprint density at radius 2 is 1.76 bits per heavy atom. The predicted octanol–water partition coefficient (Wildman–Crippen LogP) is 3.60. The first-order valence-electron chi connectivity index (χ1n) is 11.4. The second kappa shape index (κ2) is 11.1. The van der Waals surface area contributed by atoms with E-state index >= 15 is 0 Å². The molecule has 1 heterocycles.